The Morgan fingerprint density at radius 3 is 1.51 bits per heavy atom. The van der Waals surface area contributed by atoms with E-state index in [9.17, 15) is 0 Å². The van der Waals surface area contributed by atoms with Crippen LogP contribution in [0.25, 0.3) is 83.3 Å². The first kappa shape index (κ1) is 27.0. The summed E-state index contributed by atoms with van der Waals surface area (Å²) in [7, 11) is 0. The maximum Gasteiger partial charge on any atom is 0.0973 e. The van der Waals surface area contributed by atoms with Gasteiger partial charge < -0.3 is 4.57 Å². The molecule has 47 heavy (non-hydrogen) atoms. The molecule has 0 aliphatic rings. The van der Waals surface area contributed by atoms with E-state index in [0.717, 1.165) is 39.2 Å². The molecular formula is C44H29N3. The van der Waals surface area contributed by atoms with E-state index in [2.05, 4.69) is 138 Å². The molecule has 0 bridgehead atoms. The van der Waals surface area contributed by atoms with E-state index in [0.29, 0.717) is 0 Å². The zero-order chi connectivity index (χ0) is 31.2. The van der Waals surface area contributed by atoms with Crippen LogP contribution in [0.1, 0.15) is 0 Å². The Hall–Kier alpha value is -6.32. The van der Waals surface area contributed by atoms with Crippen molar-refractivity contribution in [1.82, 2.24) is 14.5 Å². The van der Waals surface area contributed by atoms with E-state index in [1.54, 1.807) is 0 Å². The summed E-state index contributed by atoms with van der Waals surface area (Å²) in [6, 6.07) is 62.0. The summed E-state index contributed by atoms with van der Waals surface area (Å²) in [4.78, 5) is 10.2. The first-order valence-electron chi connectivity index (χ1n) is 15.9. The molecule has 7 aromatic carbocycles. The van der Waals surface area contributed by atoms with Crippen LogP contribution in [-0.2, 0) is 0 Å². The first-order valence-corrected chi connectivity index (χ1v) is 15.9. The van der Waals surface area contributed by atoms with Crippen molar-refractivity contribution in [3.05, 3.63) is 176 Å². The summed E-state index contributed by atoms with van der Waals surface area (Å²) in [6.07, 6.45) is 0. The fourth-order valence-corrected chi connectivity index (χ4v) is 6.79. The quantitative estimate of drug-likeness (QED) is 0.197. The van der Waals surface area contributed by atoms with Gasteiger partial charge in [0.15, 0.2) is 0 Å². The highest BCUT2D eigenvalue weighted by molar-refractivity contribution is 6.10. The molecule has 0 spiro atoms. The normalized spacial score (nSPS) is 11.4. The van der Waals surface area contributed by atoms with Crippen molar-refractivity contribution in [2.75, 3.05) is 0 Å². The Kier molecular flexibility index (Phi) is 6.46. The predicted octanol–water partition coefficient (Wildman–Crippen LogP) is 11.4. The molecule has 0 saturated heterocycles. The second-order valence-corrected chi connectivity index (χ2v) is 11.8. The maximum atomic E-state index is 5.11. The highest BCUT2D eigenvalue weighted by atomic mass is 15.0. The van der Waals surface area contributed by atoms with Crippen molar-refractivity contribution in [2.45, 2.75) is 0 Å². The Balaban J connectivity index is 1.18. The van der Waals surface area contributed by atoms with Gasteiger partial charge in [-0.25, -0.2) is 9.97 Å². The third-order valence-electron chi connectivity index (χ3n) is 9.01. The van der Waals surface area contributed by atoms with Gasteiger partial charge in [-0.15, -0.1) is 0 Å². The van der Waals surface area contributed by atoms with Crippen molar-refractivity contribution in [3.63, 3.8) is 0 Å². The van der Waals surface area contributed by atoms with Crippen LogP contribution in [0.4, 0.5) is 0 Å². The lowest BCUT2D eigenvalue weighted by Crippen LogP contribution is -1.97. The SMILES string of the molecule is c1ccc(-c2ccccc2-c2ccc3c(c2)c2ccccc2n3-c2ccc(-c3nc4ccccc4nc3-c3ccccc3)cc2)cc1. The summed E-state index contributed by atoms with van der Waals surface area (Å²) < 4.78 is 2.37. The Morgan fingerprint density at radius 2 is 0.830 bits per heavy atom. The van der Waals surface area contributed by atoms with Gasteiger partial charge in [-0.3, -0.25) is 0 Å². The largest absolute Gasteiger partial charge is 0.309 e. The highest BCUT2D eigenvalue weighted by Gasteiger charge is 2.17. The fourth-order valence-electron chi connectivity index (χ4n) is 6.79. The van der Waals surface area contributed by atoms with Gasteiger partial charge in [0.2, 0.25) is 0 Å². The van der Waals surface area contributed by atoms with Crippen molar-refractivity contribution in [1.29, 1.82) is 0 Å². The highest BCUT2D eigenvalue weighted by Crippen LogP contribution is 2.38. The van der Waals surface area contributed by atoms with Gasteiger partial charge in [0.1, 0.15) is 0 Å². The third kappa shape index (κ3) is 4.68. The summed E-state index contributed by atoms with van der Waals surface area (Å²) in [5.41, 5.74) is 14.0. The summed E-state index contributed by atoms with van der Waals surface area (Å²) in [6.45, 7) is 0. The standard InChI is InChI=1S/C44H29N3/c1-3-13-30(14-4-1)35-17-7-8-18-36(35)33-25-28-42-38(29-33)37-19-9-12-22-41(37)47(42)34-26-23-32(24-27-34)44-43(31-15-5-2-6-16-31)45-39-20-10-11-21-40(39)46-44/h1-29H. The average Bonchev–Trinajstić information content (AvgIpc) is 3.49. The molecule has 220 valence electrons. The van der Waals surface area contributed by atoms with E-state index in [4.69, 9.17) is 9.97 Å². The molecule has 0 radical (unpaired) electrons. The van der Waals surface area contributed by atoms with E-state index >= 15 is 0 Å². The van der Waals surface area contributed by atoms with E-state index in [1.165, 1.54) is 44.1 Å². The smallest absolute Gasteiger partial charge is 0.0973 e. The number of rotatable bonds is 5. The van der Waals surface area contributed by atoms with Gasteiger partial charge in [-0.1, -0.05) is 133 Å². The van der Waals surface area contributed by atoms with Crippen LogP contribution in [0.15, 0.2) is 176 Å². The van der Waals surface area contributed by atoms with E-state index < -0.39 is 0 Å². The zero-order valence-corrected chi connectivity index (χ0v) is 25.6. The number of fused-ring (bicyclic) bond motifs is 4. The van der Waals surface area contributed by atoms with Crippen molar-refractivity contribution in [2.24, 2.45) is 0 Å². The lowest BCUT2D eigenvalue weighted by atomic mass is 9.94. The number of para-hydroxylation sites is 3. The summed E-state index contributed by atoms with van der Waals surface area (Å²) in [5, 5.41) is 2.47. The molecule has 0 aliphatic heterocycles. The van der Waals surface area contributed by atoms with Gasteiger partial charge in [0.05, 0.1) is 33.5 Å². The minimum absolute atomic E-state index is 0.880. The van der Waals surface area contributed by atoms with Crippen LogP contribution >= 0.6 is 0 Å². The van der Waals surface area contributed by atoms with Crippen LogP contribution in [0, 0.1) is 0 Å². The van der Waals surface area contributed by atoms with E-state index in [1.807, 2.05) is 42.5 Å². The molecule has 9 aromatic rings. The van der Waals surface area contributed by atoms with Crippen molar-refractivity contribution >= 4 is 32.8 Å². The van der Waals surface area contributed by atoms with Gasteiger partial charge in [0, 0.05) is 27.6 Å². The molecule has 2 heterocycles. The van der Waals surface area contributed by atoms with Crippen LogP contribution in [0.2, 0.25) is 0 Å². The molecule has 3 nitrogen and oxygen atoms in total. The first-order chi connectivity index (χ1) is 23.3. The Bertz CT molecular complexity index is 2550. The molecule has 0 N–H and O–H groups in total. The van der Waals surface area contributed by atoms with Gasteiger partial charge >= 0.3 is 0 Å². The molecule has 0 saturated carbocycles. The molecule has 0 amide bonds. The third-order valence-corrected chi connectivity index (χ3v) is 9.01. The molecule has 0 aliphatic carbocycles. The topological polar surface area (TPSA) is 30.7 Å². The molecule has 0 fully saturated rings. The fraction of sp³-hybridized carbons (Fsp3) is 0. The Labute approximate surface area is 273 Å². The summed E-state index contributed by atoms with van der Waals surface area (Å²) in [5.74, 6) is 0. The number of nitrogens with zero attached hydrogens (tertiary/aromatic N) is 3. The van der Waals surface area contributed by atoms with Crippen LogP contribution in [0.3, 0.4) is 0 Å². The lowest BCUT2D eigenvalue weighted by Gasteiger charge is -2.13. The molecule has 2 aromatic heterocycles. The maximum absolute atomic E-state index is 5.11. The zero-order valence-electron chi connectivity index (χ0n) is 25.6. The van der Waals surface area contributed by atoms with Gasteiger partial charge in [0.25, 0.3) is 0 Å². The average molecular weight is 600 g/mol. The van der Waals surface area contributed by atoms with Crippen LogP contribution in [-0.4, -0.2) is 14.5 Å². The minimum Gasteiger partial charge on any atom is -0.309 e. The second kappa shape index (κ2) is 11.2. The molecule has 9 rings (SSSR count). The second-order valence-electron chi connectivity index (χ2n) is 11.8. The predicted molar refractivity (Wildman–Crippen MR) is 196 cm³/mol. The number of hydrogen-bond acceptors (Lipinski definition) is 2. The van der Waals surface area contributed by atoms with Crippen molar-refractivity contribution < 1.29 is 0 Å². The van der Waals surface area contributed by atoms with Gasteiger partial charge in [-0.05, 0) is 64.7 Å². The number of benzene rings is 7. The number of hydrogen-bond donors (Lipinski definition) is 0. The van der Waals surface area contributed by atoms with Crippen molar-refractivity contribution in [3.8, 4) is 50.5 Å². The van der Waals surface area contributed by atoms with Gasteiger partial charge in [-0.2, -0.15) is 0 Å². The summed E-state index contributed by atoms with van der Waals surface area (Å²) >= 11 is 0. The molecule has 0 atom stereocenters. The van der Waals surface area contributed by atoms with E-state index in [-0.39, 0.29) is 0 Å². The molecular weight excluding hydrogens is 571 g/mol. The minimum atomic E-state index is 0.880. The monoisotopic (exact) mass is 599 g/mol. The van der Waals surface area contributed by atoms with Crippen LogP contribution in [0.5, 0.6) is 0 Å². The molecule has 0 unspecified atom stereocenters. The van der Waals surface area contributed by atoms with Crippen LogP contribution < -0.4 is 0 Å². The number of aromatic nitrogens is 3. The molecule has 3 heteroatoms. The lowest BCUT2D eigenvalue weighted by molar-refractivity contribution is 1.18. The Morgan fingerprint density at radius 1 is 0.340 bits per heavy atom.